The molecule has 0 bridgehead atoms. The average Bonchev–Trinajstić information content (AvgIpc) is 3.02. The molecule has 2 aliphatic rings. The fourth-order valence-corrected chi connectivity index (χ4v) is 4.46. The van der Waals surface area contributed by atoms with Gasteiger partial charge in [0.1, 0.15) is 11.6 Å². The first-order chi connectivity index (χ1) is 12.6. The quantitative estimate of drug-likeness (QED) is 0.724. The van der Waals surface area contributed by atoms with Gasteiger partial charge < -0.3 is 9.80 Å². The zero-order valence-corrected chi connectivity index (χ0v) is 15.0. The fourth-order valence-electron chi connectivity index (χ4n) is 4.46. The predicted octanol–water partition coefficient (Wildman–Crippen LogP) is 2.78. The van der Waals surface area contributed by atoms with Crippen molar-refractivity contribution in [2.45, 2.75) is 0 Å². The van der Waals surface area contributed by atoms with E-state index in [1.54, 1.807) is 18.3 Å². The van der Waals surface area contributed by atoms with Crippen LogP contribution in [0.2, 0.25) is 0 Å². The molecule has 0 spiro atoms. The number of halogens is 1. The fraction of sp³-hybridized carbons (Fsp3) is 0.400. The van der Waals surface area contributed by atoms with E-state index in [4.69, 9.17) is 0 Å². The smallest absolute Gasteiger partial charge is 0.157 e. The predicted molar refractivity (Wildman–Crippen MR) is 99.6 cm³/mol. The molecule has 5 rings (SSSR count). The second kappa shape index (κ2) is 5.77. The van der Waals surface area contributed by atoms with E-state index in [-0.39, 0.29) is 5.82 Å². The Morgan fingerprint density at radius 1 is 1.15 bits per heavy atom. The lowest BCUT2D eigenvalue weighted by atomic mass is 10.1. The zero-order chi connectivity index (χ0) is 17.8. The second-order valence-corrected chi connectivity index (χ2v) is 7.74. The van der Waals surface area contributed by atoms with Crippen LogP contribution < -0.4 is 4.90 Å². The monoisotopic (exact) mass is 351 g/mol. The van der Waals surface area contributed by atoms with Crippen molar-refractivity contribution in [2.75, 3.05) is 38.6 Å². The van der Waals surface area contributed by atoms with Crippen LogP contribution in [-0.2, 0) is 0 Å². The number of nitrogens with zero attached hydrogens (tertiary/aromatic N) is 5. The van der Waals surface area contributed by atoms with Gasteiger partial charge in [0.05, 0.1) is 11.9 Å². The summed E-state index contributed by atoms with van der Waals surface area (Å²) in [5.41, 5.74) is 1.95. The summed E-state index contributed by atoms with van der Waals surface area (Å²) < 4.78 is 16.1. The van der Waals surface area contributed by atoms with E-state index in [0.717, 1.165) is 48.9 Å². The van der Waals surface area contributed by atoms with Crippen molar-refractivity contribution in [3.63, 3.8) is 0 Å². The molecule has 2 fully saturated rings. The van der Waals surface area contributed by atoms with E-state index in [9.17, 15) is 4.39 Å². The van der Waals surface area contributed by atoms with Crippen LogP contribution in [0.3, 0.4) is 0 Å². The molecule has 1 aliphatic carbocycles. The van der Waals surface area contributed by atoms with Gasteiger partial charge in [0.25, 0.3) is 0 Å². The number of aromatic nitrogens is 3. The first-order valence-electron chi connectivity index (χ1n) is 9.11. The number of fused-ring (bicyclic) bond motifs is 2. The molecule has 6 heteroatoms. The summed E-state index contributed by atoms with van der Waals surface area (Å²) in [5.74, 6) is 3.09. The molecule has 0 amide bonds. The summed E-state index contributed by atoms with van der Waals surface area (Å²) in [7, 11) is 4.28. The molecule has 0 radical (unpaired) electrons. The Bertz CT molecular complexity index is 954. The number of rotatable bonds is 4. The molecule has 5 nitrogen and oxygen atoms in total. The molecular formula is C20H22FN5. The Labute approximate surface area is 152 Å². The first-order valence-corrected chi connectivity index (χ1v) is 9.11. The highest BCUT2D eigenvalue weighted by Gasteiger charge is 2.55. The van der Waals surface area contributed by atoms with Crippen molar-refractivity contribution >= 4 is 11.5 Å². The third-order valence-electron chi connectivity index (χ3n) is 5.76. The summed E-state index contributed by atoms with van der Waals surface area (Å²) in [6, 6.07) is 10.7. The van der Waals surface area contributed by atoms with E-state index >= 15 is 0 Å². The Balaban J connectivity index is 1.49. The van der Waals surface area contributed by atoms with Crippen molar-refractivity contribution in [2.24, 2.45) is 17.8 Å². The van der Waals surface area contributed by atoms with E-state index in [2.05, 4.69) is 34.0 Å². The minimum Gasteiger partial charge on any atom is -0.356 e. The molecule has 1 saturated carbocycles. The van der Waals surface area contributed by atoms with Crippen LogP contribution in [0.1, 0.15) is 0 Å². The number of anilines is 1. The van der Waals surface area contributed by atoms with Crippen LogP contribution in [0.5, 0.6) is 0 Å². The van der Waals surface area contributed by atoms with E-state index in [0.29, 0.717) is 11.3 Å². The number of benzene rings is 1. The van der Waals surface area contributed by atoms with Crippen molar-refractivity contribution in [3.8, 4) is 11.3 Å². The number of piperidine rings is 1. The van der Waals surface area contributed by atoms with E-state index in [1.807, 2.05) is 22.7 Å². The Morgan fingerprint density at radius 2 is 1.92 bits per heavy atom. The third-order valence-corrected chi connectivity index (χ3v) is 5.76. The van der Waals surface area contributed by atoms with Crippen LogP contribution in [-0.4, -0.2) is 53.2 Å². The van der Waals surface area contributed by atoms with E-state index in [1.165, 1.54) is 6.07 Å². The van der Waals surface area contributed by atoms with Crippen LogP contribution in [0.4, 0.5) is 10.2 Å². The standard InChI is InChI=1S/C20H22FN5/c1-24(2)10-14-15-11-25(12-16(14)15)20-9-18(13-5-3-4-6-17(13)21)23-19-7-8-22-26(19)20/h3-9,14-16H,10-12H2,1-2H3/t14?,15-,16+. The molecule has 3 atom stereocenters. The molecule has 26 heavy (non-hydrogen) atoms. The maximum Gasteiger partial charge on any atom is 0.157 e. The van der Waals surface area contributed by atoms with Crippen LogP contribution in [0.15, 0.2) is 42.6 Å². The van der Waals surface area contributed by atoms with Gasteiger partial charge in [-0.2, -0.15) is 9.61 Å². The maximum absolute atomic E-state index is 14.3. The number of hydrogen-bond acceptors (Lipinski definition) is 4. The molecule has 1 saturated heterocycles. The van der Waals surface area contributed by atoms with Crippen LogP contribution >= 0.6 is 0 Å². The average molecular weight is 351 g/mol. The minimum atomic E-state index is -0.245. The topological polar surface area (TPSA) is 36.7 Å². The molecule has 1 unspecified atom stereocenters. The van der Waals surface area contributed by atoms with Crippen molar-refractivity contribution in [3.05, 3.63) is 48.4 Å². The van der Waals surface area contributed by atoms with Gasteiger partial charge in [-0.25, -0.2) is 9.37 Å². The molecule has 2 aromatic heterocycles. The van der Waals surface area contributed by atoms with Crippen molar-refractivity contribution in [1.29, 1.82) is 0 Å². The van der Waals surface area contributed by atoms with Gasteiger partial charge in [0.2, 0.25) is 0 Å². The summed E-state index contributed by atoms with van der Waals surface area (Å²) >= 11 is 0. The molecule has 134 valence electrons. The SMILES string of the molecule is CN(C)CC1[C@H]2CN(c3cc(-c4ccccc4F)nc4ccnn34)C[C@@H]12. The lowest BCUT2D eigenvalue weighted by Crippen LogP contribution is -2.29. The van der Waals surface area contributed by atoms with Gasteiger partial charge in [-0.05, 0) is 44.0 Å². The molecule has 3 aromatic rings. The molecule has 3 heterocycles. The number of hydrogen-bond donors (Lipinski definition) is 0. The minimum absolute atomic E-state index is 0.245. The van der Waals surface area contributed by atoms with Gasteiger partial charge in [0.15, 0.2) is 5.65 Å². The molecule has 0 N–H and O–H groups in total. The summed E-state index contributed by atoms with van der Waals surface area (Å²) in [5, 5.41) is 4.44. The Kier molecular flexibility index (Phi) is 3.50. The summed E-state index contributed by atoms with van der Waals surface area (Å²) in [6.07, 6.45) is 1.75. The second-order valence-electron chi connectivity index (χ2n) is 7.74. The Hall–Kier alpha value is -2.47. The highest BCUT2D eigenvalue weighted by Crippen LogP contribution is 2.52. The third kappa shape index (κ3) is 2.48. The van der Waals surface area contributed by atoms with Gasteiger partial charge in [-0.1, -0.05) is 12.1 Å². The molecular weight excluding hydrogens is 329 g/mol. The Morgan fingerprint density at radius 3 is 2.65 bits per heavy atom. The van der Waals surface area contributed by atoms with Crippen LogP contribution in [0.25, 0.3) is 16.9 Å². The first kappa shape index (κ1) is 15.8. The normalized spacial score (nSPS) is 24.5. The molecule has 1 aliphatic heterocycles. The van der Waals surface area contributed by atoms with Crippen molar-refractivity contribution in [1.82, 2.24) is 19.5 Å². The van der Waals surface area contributed by atoms with Gasteiger partial charge >= 0.3 is 0 Å². The maximum atomic E-state index is 14.3. The van der Waals surface area contributed by atoms with E-state index < -0.39 is 0 Å². The van der Waals surface area contributed by atoms with Gasteiger partial charge in [-0.15, -0.1) is 0 Å². The van der Waals surface area contributed by atoms with Gasteiger partial charge in [0, 0.05) is 37.3 Å². The van der Waals surface area contributed by atoms with Gasteiger partial charge in [-0.3, -0.25) is 0 Å². The highest BCUT2D eigenvalue weighted by atomic mass is 19.1. The zero-order valence-electron chi connectivity index (χ0n) is 15.0. The lowest BCUT2D eigenvalue weighted by Gasteiger charge is -2.24. The molecule has 1 aromatic carbocycles. The largest absolute Gasteiger partial charge is 0.356 e. The highest BCUT2D eigenvalue weighted by molar-refractivity contribution is 5.67. The lowest BCUT2D eigenvalue weighted by molar-refractivity contribution is 0.366. The van der Waals surface area contributed by atoms with Crippen LogP contribution in [0, 0.1) is 23.6 Å². The summed E-state index contributed by atoms with van der Waals surface area (Å²) in [6.45, 7) is 3.24. The van der Waals surface area contributed by atoms with Crippen molar-refractivity contribution < 1.29 is 4.39 Å². The summed E-state index contributed by atoms with van der Waals surface area (Å²) in [4.78, 5) is 9.27.